The Balaban J connectivity index is 2.21. The van der Waals surface area contributed by atoms with Gasteiger partial charge in [0.15, 0.2) is 0 Å². The summed E-state index contributed by atoms with van der Waals surface area (Å²) in [5, 5.41) is 9.68. The van der Waals surface area contributed by atoms with Crippen LogP contribution in [0.4, 0.5) is 0 Å². The zero-order chi connectivity index (χ0) is 33.5. The Morgan fingerprint density at radius 1 is 0.674 bits per heavy atom. The van der Waals surface area contributed by atoms with E-state index in [0.29, 0.717) is 18.9 Å². The Morgan fingerprint density at radius 3 is 1.74 bits per heavy atom. The molecule has 0 aromatic carbocycles. The molecule has 1 heterocycles. The molecule has 0 aromatic heterocycles. The molecule has 0 unspecified atom stereocenters. The number of ether oxygens (including phenoxy) is 2. The van der Waals surface area contributed by atoms with Crippen molar-refractivity contribution in [2.24, 2.45) is 0 Å². The van der Waals surface area contributed by atoms with Crippen LogP contribution in [0.15, 0.2) is 0 Å². The predicted molar refractivity (Wildman–Crippen MR) is 192 cm³/mol. The van der Waals surface area contributed by atoms with Crippen molar-refractivity contribution in [3.63, 3.8) is 0 Å². The number of carbonyl (C=O) groups is 2. The Hall–Kier alpha value is -1.18. The number of carbonyl (C=O) groups excluding carboxylic acids is 2. The van der Waals surface area contributed by atoms with Crippen molar-refractivity contribution in [2.75, 3.05) is 46.4 Å². The van der Waals surface area contributed by atoms with Crippen molar-refractivity contribution in [3.05, 3.63) is 0 Å². The van der Waals surface area contributed by atoms with E-state index in [0.717, 1.165) is 90.5 Å². The van der Waals surface area contributed by atoms with Crippen LogP contribution in [0, 0.1) is 0 Å². The summed E-state index contributed by atoms with van der Waals surface area (Å²) in [6, 6.07) is 0.568. The lowest BCUT2D eigenvalue weighted by Gasteiger charge is -2.38. The van der Waals surface area contributed by atoms with Crippen molar-refractivity contribution in [3.8, 4) is 0 Å². The summed E-state index contributed by atoms with van der Waals surface area (Å²) in [6.07, 6.45) is 29.7. The average Bonchev–Trinajstić information content (AvgIpc) is 3.06. The molecular weight excluding hydrogens is 576 g/mol. The lowest BCUT2D eigenvalue weighted by Crippen LogP contribution is -2.46. The highest BCUT2D eigenvalue weighted by molar-refractivity contribution is 5.69. The Morgan fingerprint density at radius 2 is 1.17 bits per heavy atom. The second-order valence-corrected chi connectivity index (χ2v) is 14.0. The summed E-state index contributed by atoms with van der Waals surface area (Å²) in [5.41, 5.74) is 0. The first-order valence-electron chi connectivity index (χ1n) is 19.9. The lowest BCUT2D eigenvalue weighted by atomic mass is 10.0. The number of nitrogens with zero attached hydrogens (tertiary/aromatic N) is 2. The fourth-order valence-electron chi connectivity index (χ4n) is 6.92. The van der Waals surface area contributed by atoms with E-state index in [9.17, 15) is 14.7 Å². The van der Waals surface area contributed by atoms with Crippen molar-refractivity contribution < 1.29 is 24.2 Å². The first kappa shape index (κ1) is 42.8. The number of rotatable bonds is 32. The fraction of sp³-hybridized carbons (Fsp3) is 0.949. The van der Waals surface area contributed by atoms with Gasteiger partial charge in [-0.25, -0.2) is 0 Å². The van der Waals surface area contributed by atoms with Crippen LogP contribution >= 0.6 is 0 Å². The van der Waals surface area contributed by atoms with E-state index in [1.807, 2.05) is 0 Å². The quantitative estimate of drug-likeness (QED) is 0.0573. The topological polar surface area (TPSA) is 79.3 Å². The maximum Gasteiger partial charge on any atom is 0.306 e. The molecule has 1 aliphatic rings. The van der Waals surface area contributed by atoms with Crippen molar-refractivity contribution in [2.45, 2.75) is 193 Å². The van der Waals surface area contributed by atoms with E-state index < -0.39 is 0 Å². The SMILES string of the molecule is CCCCCCCCC(CCCCCCCC)OC(=O)CCCCCCCN(CCO)C1CCN(CCCCCC(=O)OC)CC1. The standard InChI is InChI=1S/C39H76N2O5/c1-4-6-8-10-13-18-24-37(25-19-14-11-9-7-5-2)46-39(44)27-20-15-12-16-23-31-41(34-35-42)36-28-32-40(33-29-36)30-22-17-21-26-38(43)45-3/h36-37,42H,4-35H2,1-3H3. The smallest absolute Gasteiger partial charge is 0.306 e. The minimum absolute atomic E-state index is 0.0172. The molecule has 1 fully saturated rings. The van der Waals surface area contributed by atoms with Crippen molar-refractivity contribution in [1.82, 2.24) is 9.80 Å². The molecule has 0 radical (unpaired) electrons. The molecule has 1 saturated heterocycles. The molecule has 0 saturated carbocycles. The molecular formula is C39H76N2O5. The third-order valence-corrected chi connectivity index (χ3v) is 9.93. The molecule has 0 aliphatic carbocycles. The number of hydrogen-bond donors (Lipinski definition) is 1. The van der Waals surface area contributed by atoms with Crippen molar-refractivity contribution >= 4 is 11.9 Å². The molecule has 1 aliphatic heterocycles. The first-order chi connectivity index (χ1) is 22.5. The summed E-state index contributed by atoms with van der Waals surface area (Å²) >= 11 is 0. The van der Waals surface area contributed by atoms with Crippen LogP contribution in [0.25, 0.3) is 0 Å². The van der Waals surface area contributed by atoms with Crippen molar-refractivity contribution in [1.29, 1.82) is 0 Å². The van der Waals surface area contributed by atoms with E-state index in [1.165, 1.54) is 103 Å². The van der Waals surface area contributed by atoms with Gasteiger partial charge in [-0.05, 0) is 90.4 Å². The number of unbranched alkanes of at least 4 members (excludes halogenated alkanes) is 16. The van der Waals surface area contributed by atoms with E-state index >= 15 is 0 Å². The van der Waals surface area contributed by atoms with Crippen LogP contribution < -0.4 is 0 Å². The number of piperidine rings is 1. The Labute approximate surface area is 284 Å². The van der Waals surface area contributed by atoms with E-state index in [4.69, 9.17) is 9.47 Å². The van der Waals surface area contributed by atoms with Gasteiger partial charge in [-0.2, -0.15) is 0 Å². The van der Waals surface area contributed by atoms with Gasteiger partial charge in [0.2, 0.25) is 0 Å². The molecule has 0 bridgehead atoms. The number of aliphatic hydroxyl groups is 1. The van der Waals surface area contributed by atoms with Crippen LogP contribution in [-0.2, 0) is 19.1 Å². The van der Waals surface area contributed by atoms with E-state index in [1.54, 1.807) is 0 Å². The number of esters is 2. The van der Waals surface area contributed by atoms with Crippen LogP contribution in [0.1, 0.15) is 181 Å². The zero-order valence-electron chi connectivity index (χ0n) is 30.8. The number of aliphatic hydroxyl groups excluding tert-OH is 1. The largest absolute Gasteiger partial charge is 0.469 e. The van der Waals surface area contributed by atoms with Gasteiger partial charge in [0.25, 0.3) is 0 Å². The second kappa shape index (κ2) is 31.1. The maximum atomic E-state index is 12.7. The summed E-state index contributed by atoms with van der Waals surface area (Å²) in [4.78, 5) is 29.0. The number of methoxy groups -OCH3 is 1. The van der Waals surface area contributed by atoms with Gasteiger partial charge >= 0.3 is 11.9 Å². The minimum atomic E-state index is -0.106. The Bertz CT molecular complexity index is 682. The molecule has 0 atom stereocenters. The zero-order valence-corrected chi connectivity index (χ0v) is 30.8. The normalized spacial score (nSPS) is 14.4. The van der Waals surface area contributed by atoms with Crippen LogP contribution in [0.3, 0.4) is 0 Å². The minimum Gasteiger partial charge on any atom is -0.469 e. The highest BCUT2D eigenvalue weighted by Gasteiger charge is 2.24. The van der Waals surface area contributed by atoms with Gasteiger partial charge < -0.3 is 19.5 Å². The lowest BCUT2D eigenvalue weighted by molar-refractivity contribution is -0.150. The second-order valence-electron chi connectivity index (χ2n) is 14.0. The van der Waals surface area contributed by atoms with Gasteiger partial charge in [-0.15, -0.1) is 0 Å². The fourth-order valence-corrected chi connectivity index (χ4v) is 6.92. The highest BCUT2D eigenvalue weighted by atomic mass is 16.5. The number of likely N-dealkylation sites (tertiary alicyclic amines) is 1. The van der Waals surface area contributed by atoms with E-state index in [2.05, 4.69) is 23.6 Å². The molecule has 0 aromatic rings. The highest BCUT2D eigenvalue weighted by Crippen LogP contribution is 2.20. The molecule has 0 amide bonds. The number of hydrogen-bond acceptors (Lipinski definition) is 7. The third-order valence-electron chi connectivity index (χ3n) is 9.93. The average molecular weight is 653 g/mol. The molecule has 1 N–H and O–H groups in total. The van der Waals surface area contributed by atoms with Gasteiger partial charge in [-0.3, -0.25) is 14.5 Å². The molecule has 272 valence electrons. The van der Waals surface area contributed by atoms with Gasteiger partial charge in [-0.1, -0.05) is 104 Å². The predicted octanol–water partition coefficient (Wildman–Crippen LogP) is 9.23. The van der Waals surface area contributed by atoms with Gasteiger partial charge in [0.1, 0.15) is 6.10 Å². The van der Waals surface area contributed by atoms with Crippen LogP contribution in [0.5, 0.6) is 0 Å². The summed E-state index contributed by atoms with van der Waals surface area (Å²) in [6.45, 7) is 9.92. The monoisotopic (exact) mass is 653 g/mol. The first-order valence-corrected chi connectivity index (χ1v) is 19.9. The van der Waals surface area contributed by atoms with Crippen LogP contribution in [-0.4, -0.2) is 85.4 Å². The summed E-state index contributed by atoms with van der Waals surface area (Å²) < 4.78 is 10.7. The molecule has 7 nitrogen and oxygen atoms in total. The maximum absolute atomic E-state index is 12.7. The molecule has 46 heavy (non-hydrogen) atoms. The van der Waals surface area contributed by atoms with Gasteiger partial charge in [0.05, 0.1) is 13.7 Å². The third kappa shape index (κ3) is 24.0. The summed E-state index contributed by atoms with van der Waals surface area (Å²) in [7, 11) is 1.46. The van der Waals surface area contributed by atoms with Gasteiger partial charge in [0, 0.05) is 25.4 Å². The van der Waals surface area contributed by atoms with E-state index in [-0.39, 0.29) is 24.6 Å². The molecule has 7 heteroatoms. The summed E-state index contributed by atoms with van der Waals surface area (Å²) in [5.74, 6) is -0.0884. The van der Waals surface area contributed by atoms with Crippen LogP contribution in [0.2, 0.25) is 0 Å². The Kier molecular flexibility index (Phi) is 29.0. The molecule has 1 rings (SSSR count). The molecule has 0 spiro atoms.